The number of fused-ring (bicyclic) bond motifs is 1. The maximum atomic E-state index is 9.10. The molecule has 0 N–H and O–H groups in total. The first-order chi connectivity index (χ1) is 9.38. The van der Waals surface area contributed by atoms with E-state index in [1.807, 2.05) is 12.1 Å². The van der Waals surface area contributed by atoms with Crippen molar-refractivity contribution in [3.63, 3.8) is 0 Å². The van der Waals surface area contributed by atoms with E-state index in [1.54, 1.807) is 0 Å². The van der Waals surface area contributed by atoms with Crippen LogP contribution in [-0.2, 0) is 6.54 Å². The Morgan fingerprint density at radius 1 is 1.11 bits per heavy atom. The summed E-state index contributed by atoms with van der Waals surface area (Å²) in [4.78, 5) is 2.55. The number of aryl methyl sites for hydroxylation is 1. The standard InChI is InChI=1S/C16H19N3/c17-13-14-5-3-6-16-15(14)7-12-19(16)11-4-10-18-8-1-2-9-18/h3,5-7,12H,1-2,4,8-11H2. The zero-order chi connectivity index (χ0) is 13.1. The summed E-state index contributed by atoms with van der Waals surface area (Å²) in [5.74, 6) is 0. The van der Waals surface area contributed by atoms with Gasteiger partial charge in [-0.25, -0.2) is 0 Å². The van der Waals surface area contributed by atoms with Crippen LogP contribution >= 0.6 is 0 Å². The van der Waals surface area contributed by atoms with E-state index >= 15 is 0 Å². The summed E-state index contributed by atoms with van der Waals surface area (Å²) in [5, 5.41) is 10.2. The van der Waals surface area contributed by atoms with Gasteiger partial charge in [0.1, 0.15) is 0 Å². The van der Waals surface area contributed by atoms with Gasteiger partial charge in [-0.3, -0.25) is 0 Å². The molecule has 0 unspecified atom stereocenters. The first-order valence-corrected chi connectivity index (χ1v) is 7.09. The van der Waals surface area contributed by atoms with Crippen molar-refractivity contribution in [1.82, 2.24) is 9.47 Å². The summed E-state index contributed by atoms with van der Waals surface area (Å²) in [5.41, 5.74) is 1.95. The summed E-state index contributed by atoms with van der Waals surface area (Å²) in [6.45, 7) is 4.77. The van der Waals surface area contributed by atoms with Gasteiger partial charge in [0.25, 0.3) is 0 Å². The Morgan fingerprint density at radius 2 is 1.95 bits per heavy atom. The largest absolute Gasteiger partial charge is 0.347 e. The molecule has 0 saturated carbocycles. The van der Waals surface area contributed by atoms with Crippen LogP contribution in [0, 0.1) is 11.3 Å². The number of rotatable bonds is 4. The van der Waals surface area contributed by atoms with Crippen LogP contribution in [-0.4, -0.2) is 29.1 Å². The van der Waals surface area contributed by atoms with E-state index in [1.165, 1.54) is 44.4 Å². The molecule has 0 amide bonds. The molecule has 0 atom stereocenters. The van der Waals surface area contributed by atoms with Crippen LogP contribution in [0.2, 0.25) is 0 Å². The Labute approximate surface area is 114 Å². The Hall–Kier alpha value is -1.79. The molecule has 0 bridgehead atoms. The average molecular weight is 253 g/mol. The predicted octanol–water partition coefficient (Wildman–Crippen LogP) is 3.00. The minimum absolute atomic E-state index is 0.774. The Kier molecular flexibility index (Phi) is 3.52. The van der Waals surface area contributed by atoms with Crippen LogP contribution in [0.15, 0.2) is 30.5 Å². The first kappa shape index (κ1) is 12.3. The molecule has 3 heteroatoms. The number of nitrogens with zero attached hydrogens (tertiary/aromatic N) is 3. The van der Waals surface area contributed by atoms with Gasteiger partial charge in [-0.2, -0.15) is 5.26 Å². The fourth-order valence-corrected chi connectivity index (χ4v) is 2.99. The fourth-order valence-electron chi connectivity index (χ4n) is 2.99. The van der Waals surface area contributed by atoms with Gasteiger partial charge in [0.05, 0.1) is 11.6 Å². The van der Waals surface area contributed by atoms with Gasteiger partial charge in [-0.05, 0) is 57.1 Å². The van der Waals surface area contributed by atoms with E-state index < -0.39 is 0 Å². The maximum Gasteiger partial charge on any atom is 0.0998 e. The van der Waals surface area contributed by atoms with Gasteiger partial charge < -0.3 is 9.47 Å². The highest BCUT2D eigenvalue weighted by Crippen LogP contribution is 2.20. The lowest BCUT2D eigenvalue weighted by atomic mass is 10.1. The second-order valence-electron chi connectivity index (χ2n) is 5.26. The Morgan fingerprint density at radius 3 is 2.74 bits per heavy atom. The van der Waals surface area contributed by atoms with Gasteiger partial charge in [0, 0.05) is 23.6 Å². The number of likely N-dealkylation sites (tertiary alicyclic amines) is 1. The third kappa shape index (κ3) is 2.50. The zero-order valence-corrected chi connectivity index (χ0v) is 11.2. The molecule has 1 aliphatic heterocycles. The molecule has 3 nitrogen and oxygen atoms in total. The van der Waals surface area contributed by atoms with Crippen LogP contribution in [0.1, 0.15) is 24.8 Å². The molecule has 1 saturated heterocycles. The van der Waals surface area contributed by atoms with Gasteiger partial charge in [-0.15, -0.1) is 0 Å². The topological polar surface area (TPSA) is 32.0 Å². The predicted molar refractivity (Wildman–Crippen MR) is 76.9 cm³/mol. The molecule has 19 heavy (non-hydrogen) atoms. The number of hydrogen-bond donors (Lipinski definition) is 0. The second kappa shape index (κ2) is 5.46. The van der Waals surface area contributed by atoms with Crippen molar-refractivity contribution >= 4 is 10.9 Å². The van der Waals surface area contributed by atoms with Gasteiger partial charge in [-0.1, -0.05) is 6.07 Å². The van der Waals surface area contributed by atoms with Crippen molar-refractivity contribution in [3.8, 4) is 6.07 Å². The molecule has 2 heterocycles. The molecule has 2 aromatic rings. The van der Waals surface area contributed by atoms with Crippen LogP contribution in [0.4, 0.5) is 0 Å². The third-order valence-corrected chi connectivity index (χ3v) is 4.01. The van der Waals surface area contributed by atoms with Gasteiger partial charge in [0.2, 0.25) is 0 Å². The highest BCUT2D eigenvalue weighted by molar-refractivity contribution is 5.85. The average Bonchev–Trinajstić information content (AvgIpc) is 3.08. The lowest BCUT2D eigenvalue weighted by Crippen LogP contribution is -2.21. The molecule has 0 spiro atoms. The normalized spacial score (nSPS) is 15.9. The quantitative estimate of drug-likeness (QED) is 0.839. The first-order valence-electron chi connectivity index (χ1n) is 7.09. The Bertz CT molecular complexity index is 600. The van der Waals surface area contributed by atoms with E-state index in [-0.39, 0.29) is 0 Å². The van der Waals surface area contributed by atoms with Crippen LogP contribution in [0.5, 0.6) is 0 Å². The summed E-state index contributed by atoms with van der Waals surface area (Å²) in [6, 6.07) is 10.3. The monoisotopic (exact) mass is 253 g/mol. The van der Waals surface area contributed by atoms with Crippen molar-refractivity contribution in [2.24, 2.45) is 0 Å². The SMILES string of the molecule is N#Cc1cccc2c1ccn2CCCN1CCCC1. The molecule has 1 aromatic heterocycles. The van der Waals surface area contributed by atoms with Crippen LogP contribution in [0.3, 0.4) is 0 Å². The summed E-state index contributed by atoms with van der Waals surface area (Å²) >= 11 is 0. The minimum Gasteiger partial charge on any atom is -0.347 e. The molecule has 98 valence electrons. The van der Waals surface area contributed by atoms with Crippen molar-refractivity contribution in [2.45, 2.75) is 25.8 Å². The molecule has 1 aromatic carbocycles. The molecule has 1 fully saturated rings. The summed E-state index contributed by atoms with van der Waals surface area (Å²) in [7, 11) is 0. The summed E-state index contributed by atoms with van der Waals surface area (Å²) in [6.07, 6.45) is 6.01. The molecule has 1 aliphatic rings. The number of benzene rings is 1. The maximum absolute atomic E-state index is 9.10. The molecular weight excluding hydrogens is 234 g/mol. The van der Waals surface area contributed by atoms with E-state index in [0.29, 0.717) is 0 Å². The van der Waals surface area contributed by atoms with Crippen LogP contribution in [0.25, 0.3) is 10.9 Å². The van der Waals surface area contributed by atoms with Gasteiger partial charge >= 0.3 is 0 Å². The molecular formula is C16H19N3. The van der Waals surface area contributed by atoms with E-state index in [9.17, 15) is 0 Å². The highest BCUT2D eigenvalue weighted by Gasteiger charge is 2.11. The molecule has 3 rings (SSSR count). The third-order valence-electron chi connectivity index (χ3n) is 4.01. The fraction of sp³-hybridized carbons (Fsp3) is 0.438. The Balaban J connectivity index is 1.69. The molecule has 0 radical (unpaired) electrons. The lowest BCUT2D eigenvalue weighted by Gasteiger charge is -2.14. The number of nitriles is 1. The minimum atomic E-state index is 0.774. The smallest absolute Gasteiger partial charge is 0.0998 e. The number of aromatic nitrogens is 1. The summed E-state index contributed by atoms with van der Waals surface area (Å²) < 4.78 is 2.27. The van der Waals surface area contributed by atoms with E-state index in [4.69, 9.17) is 5.26 Å². The number of hydrogen-bond acceptors (Lipinski definition) is 2. The lowest BCUT2D eigenvalue weighted by molar-refractivity contribution is 0.326. The van der Waals surface area contributed by atoms with E-state index in [2.05, 4.69) is 33.9 Å². The van der Waals surface area contributed by atoms with E-state index in [0.717, 1.165) is 17.5 Å². The highest BCUT2D eigenvalue weighted by atomic mass is 15.1. The van der Waals surface area contributed by atoms with Gasteiger partial charge in [0.15, 0.2) is 0 Å². The van der Waals surface area contributed by atoms with Crippen molar-refractivity contribution in [1.29, 1.82) is 5.26 Å². The second-order valence-corrected chi connectivity index (χ2v) is 5.26. The molecule has 0 aliphatic carbocycles. The van der Waals surface area contributed by atoms with Crippen molar-refractivity contribution in [3.05, 3.63) is 36.0 Å². The van der Waals surface area contributed by atoms with Crippen molar-refractivity contribution < 1.29 is 0 Å². The van der Waals surface area contributed by atoms with Crippen LogP contribution < -0.4 is 0 Å². The zero-order valence-electron chi connectivity index (χ0n) is 11.2. The van der Waals surface area contributed by atoms with Crippen molar-refractivity contribution in [2.75, 3.05) is 19.6 Å².